The highest BCUT2D eigenvalue weighted by Gasteiger charge is 2.17. The predicted molar refractivity (Wildman–Crippen MR) is 111 cm³/mol. The van der Waals surface area contributed by atoms with Gasteiger partial charge in [-0.2, -0.15) is 0 Å². The van der Waals surface area contributed by atoms with Crippen molar-refractivity contribution in [3.8, 4) is 5.75 Å². The zero-order valence-electron chi connectivity index (χ0n) is 16.6. The van der Waals surface area contributed by atoms with Gasteiger partial charge in [-0.15, -0.1) is 11.8 Å². The average Bonchev–Trinajstić information content (AvgIpc) is 3.04. The fourth-order valence-corrected chi connectivity index (χ4v) is 4.11. The van der Waals surface area contributed by atoms with Crippen LogP contribution in [0.4, 0.5) is 0 Å². The molecule has 0 fully saturated rings. The number of aryl methyl sites for hydroxylation is 2. The van der Waals surface area contributed by atoms with Crippen LogP contribution in [0.15, 0.2) is 57.9 Å². The zero-order valence-corrected chi connectivity index (χ0v) is 17.4. The number of methoxy groups -OCH3 is 1. The van der Waals surface area contributed by atoms with Crippen molar-refractivity contribution in [2.24, 2.45) is 0 Å². The van der Waals surface area contributed by atoms with E-state index in [1.165, 1.54) is 0 Å². The molecule has 0 spiro atoms. The fraction of sp³-hybridized carbons (Fsp3) is 0.273. The largest absolute Gasteiger partial charge is 0.497 e. The monoisotopic (exact) mass is 396 g/mol. The van der Waals surface area contributed by atoms with Crippen LogP contribution < -0.4 is 4.74 Å². The molecule has 3 aromatic rings. The van der Waals surface area contributed by atoms with Crippen molar-refractivity contribution >= 4 is 17.7 Å². The third-order valence-corrected chi connectivity index (χ3v) is 5.70. The molecule has 5 nitrogen and oxygen atoms in total. The lowest BCUT2D eigenvalue weighted by Crippen LogP contribution is -2.26. The smallest absolute Gasteiger partial charge is 0.255 e. The first-order chi connectivity index (χ1) is 13.5. The Kier molecular flexibility index (Phi) is 6.41. The van der Waals surface area contributed by atoms with Gasteiger partial charge in [0.1, 0.15) is 11.5 Å². The maximum Gasteiger partial charge on any atom is 0.255 e. The summed E-state index contributed by atoms with van der Waals surface area (Å²) in [4.78, 5) is 15.7. The van der Waals surface area contributed by atoms with Crippen LogP contribution in [-0.4, -0.2) is 30.1 Å². The number of hydrogen-bond acceptors (Lipinski definition) is 5. The second-order valence-electron chi connectivity index (χ2n) is 6.60. The number of carbonyl (C=O) groups excluding carboxylic acids is 1. The maximum atomic E-state index is 13.0. The molecule has 2 aromatic carbocycles. The third-order valence-electron chi connectivity index (χ3n) is 4.60. The first-order valence-electron chi connectivity index (χ1n) is 9.01. The highest BCUT2D eigenvalue weighted by molar-refractivity contribution is 7.98. The number of thioether (sulfide) groups is 1. The van der Waals surface area contributed by atoms with Gasteiger partial charge >= 0.3 is 0 Å². The van der Waals surface area contributed by atoms with Gasteiger partial charge in [-0.25, -0.2) is 0 Å². The van der Waals surface area contributed by atoms with Gasteiger partial charge in [0.05, 0.1) is 18.4 Å². The number of aromatic nitrogens is 1. The van der Waals surface area contributed by atoms with Gasteiger partial charge in [0, 0.05) is 29.8 Å². The molecule has 28 heavy (non-hydrogen) atoms. The van der Waals surface area contributed by atoms with E-state index in [0.717, 1.165) is 33.2 Å². The Morgan fingerprint density at radius 1 is 1.14 bits per heavy atom. The molecule has 146 valence electrons. The maximum absolute atomic E-state index is 13.0. The van der Waals surface area contributed by atoms with Crippen molar-refractivity contribution in [1.29, 1.82) is 0 Å². The van der Waals surface area contributed by atoms with E-state index in [0.29, 0.717) is 17.9 Å². The topological polar surface area (TPSA) is 55.6 Å². The van der Waals surface area contributed by atoms with Crippen molar-refractivity contribution in [2.45, 2.75) is 31.0 Å². The van der Waals surface area contributed by atoms with Crippen LogP contribution in [-0.2, 0) is 12.3 Å². The van der Waals surface area contributed by atoms with Crippen molar-refractivity contribution in [3.63, 3.8) is 0 Å². The third kappa shape index (κ3) is 4.57. The highest BCUT2D eigenvalue weighted by Crippen LogP contribution is 2.29. The number of amides is 1. The van der Waals surface area contributed by atoms with E-state index in [4.69, 9.17) is 9.26 Å². The molecule has 0 N–H and O–H groups in total. The summed E-state index contributed by atoms with van der Waals surface area (Å²) in [6, 6.07) is 15.5. The summed E-state index contributed by atoms with van der Waals surface area (Å²) >= 11 is 1.63. The molecule has 0 aliphatic carbocycles. The Hall–Kier alpha value is -2.73. The minimum atomic E-state index is -0.00215. The van der Waals surface area contributed by atoms with Crippen molar-refractivity contribution < 1.29 is 14.1 Å². The first kappa shape index (κ1) is 20.0. The van der Waals surface area contributed by atoms with Gasteiger partial charge in [-0.1, -0.05) is 29.4 Å². The zero-order chi connectivity index (χ0) is 20.1. The second kappa shape index (κ2) is 8.97. The van der Waals surface area contributed by atoms with Gasteiger partial charge in [-0.05, 0) is 43.7 Å². The molecule has 0 aliphatic heterocycles. The molecule has 0 unspecified atom stereocenters. The average molecular weight is 397 g/mol. The minimum absolute atomic E-state index is 0.00215. The molecule has 0 bridgehead atoms. The van der Waals surface area contributed by atoms with E-state index in [1.54, 1.807) is 23.8 Å². The van der Waals surface area contributed by atoms with Gasteiger partial charge in [0.2, 0.25) is 0 Å². The van der Waals surface area contributed by atoms with E-state index < -0.39 is 0 Å². The van der Waals surface area contributed by atoms with Crippen LogP contribution >= 0.6 is 11.8 Å². The van der Waals surface area contributed by atoms with Crippen molar-refractivity contribution in [3.05, 3.63) is 76.7 Å². The standard InChI is InChI=1S/C22H24N2O3S/c1-15-20(16(2)27-23-15)14-28-21-8-6-5-7-19(21)22(25)24(3)13-17-9-11-18(26-4)12-10-17/h5-12H,13-14H2,1-4H3. The van der Waals surface area contributed by atoms with E-state index >= 15 is 0 Å². The normalized spacial score (nSPS) is 10.7. The summed E-state index contributed by atoms with van der Waals surface area (Å²) in [5, 5.41) is 4.00. The van der Waals surface area contributed by atoms with Gasteiger partial charge < -0.3 is 14.2 Å². The lowest BCUT2D eigenvalue weighted by atomic mass is 10.1. The number of nitrogens with zero attached hydrogens (tertiary/aromatic N) is 2. The molecule has 1 amide bonds. The molecule has 6 heteroatoms. The van der Waals surface area contributed by atoms with Crippen molar-refractivity contribution in [2.75, 3.05) is 14.2 Å². The molecule has 1 heterocycles. The molecular weight excluding hydrogens is 372 g/mol. The molecule has 0 radical (unpaired) electrons. The molecule has 0 aliphatic rings. The Morgan fingerprint density at radius 2 is 1.86 bits per heavy atom. The van der Waals surface area contributed by atoms with Gasteiger partial charge in [0.15, 0.2) is 0 Å². The number of ether oxygens (including phenoxy) is 1. The molecule has 0 saturated heterocycles. The van der Waals surface area contributed by atoms with E-state index in [2.05, 4.69) is 5.16 Å². The van der Waals surface area contributed by atoms with E-state index in [9.17, 15) is 4.79 Å². The lowest BCUT2D eigenvalue weighted by Gasteiger charge is -2.19. The number of rotatable bonds is 7. The molecule has 0 atom stereocenters. The predicted octanol–water partition coefficient (Wildman–Crippen LogP) is 4.86. The van der Waals surface area contributed by atoms with Crippen LogP contribution in [0.1, 0.15) is 32.9 Å². The number of carbonyl (C=O) groups is 1. The quantitative estimate of drug-likeness (QED) is 0.534. The summed E-state index contributed by atoms with van der Waals surface area (Å²) in [6.07, 6.45) is 0. The second-order valence-corrected chi connectivity index (χ2v) is 7.61. The Balaban J connectivity index is 1.72. The summed E-state index contributed by atoms with van der Waals surface area (Å²) in [5.41, 5.74) is 3.73. The van der Waals surface area contributed by atoms with E-state index in [1.807, 2.05) is 69.4 Å². The van der Waals surface area contributed by atoms with Crippen LogP contribution in [0.25, 0.3) is 0 Å². The Labute approximate surface area is 169 Å². The Morgan fingerprint density at radius 3 is 2.50 bits per heavy atom. The number of benzene rings is 2. The summed E-state index contributed by atoms with van der Waals surface area (Å²) in [5.74, 6) is 2.34. The molecular formula is C22H24N2O3S. The van der Waals surface area contributed by atoms with E-state index in [-0.39, 0.29) is 5.91 Å². The van der Waals surface area contributed by atoms with Crippen molar-refractivity contribution in [1.82, 2.24) is 10.1 Å². The summed E-state index contributed by atoms with van der Waals surface area (Å²) in [6.45, 7) is 4.38. The fourth-order valence-electron chi connectivity index (χ4n) is 2.91. The number of hydrogen-bond donors (Lipinski definition) is 0. The van der Waals surface area contributed by atoms with Gasteiger partial charge in [0.25, 0.3) is 5.91 Å². The lowest BCUT2D eigenvalue weighted by molar-refractivity contribution is 0.0781. The minimum Gasteiger partial charge on any atom is -0.497 e. The molecule has 0 saturated carbocycles. The van der Waals surface area contributed by atoms with Crippen LogP contribution in [0.3, 0.4) is 0 Å². The van der Waals surface area contributed by atoms with Crippen LogP contribution in [0.5, 0.6) is 5.75 Å². The van der Waals surface area contributed by atoms with Crippen LogP contribution in [0, 0.1) is 13.8 Å². The summed E-state index contributed by atoms with van der Waals surface area (Å²) < 4.78 is 10.4. The highest BCUT2D eigenvalue weighted by atomic mass is 32.2. The summed E-state index contributed by atoms with van der Waals surface area (Å²) in [7, 11) is 3.46. The SMILES string of the molecule is COc1ccc(CN(C)C(=O)c2ccccc2SCc2c(C)noc2C)cc1. The molecule has 3 rings (SSSR count). The van der Waals surface area contributed by atoms with Gasteiger partial charge in [-0.3, -0.25) is 4.79 Å². The molecule has 1 aromatic heterocycles. The first-order valence-corrected chi connectivity index (χ1v) is 10.00. The Bertz CT molecular complexity index is 931. The van der Waals surface area contributed by atoms with Crippen LogP contribution in [0.2, 0.25) is 0 Å².